The van der Waals surface area contributed by atoms with E-state index in [1.165, 1.54) is 16.9 Å². The highest BCUT2D eigenvalue weighted by Gasteiger charge is 2.29. The van der Waals surface area contributed by atoms with Crippen LogP contribution in [0.1, 0.15) is 24.6 Å². The fourth-order valence-electron chi connectivity index (χ4n) is 3.01. The number of aliphatic carboxylic acids is 1. The smallest absolute Gasteiger partial charge is 0.305 e. The number of rotatable bonds is 6. The van der Waals surface area contributed by atoms with Crippen molar-refractivity contribution in [1.29, 1.82) is 0 Å². The van der Waals surface area contributed by atoms with E-state index < -0.39 is 12.0 Å². The average Bonchev–Trinajstić information content (AvgIpc) is 3.10. The van der Waals surface area contributed by atoms with Crippen molar-refractivity contribution in [2.75, 3.05) is 19.8 Å². The van der Waals surface area contributed by atoms with Crippen molar-refractivity contribution >= 4 is 23.2 Å². The Hall–Kier alpha value is -2.25. The lowest BCUT2D eigenvalue weighted by Gasteiger charge is -2.34. The quantitative estimate of drug-likeness (QED) is 0.841. The molecule has 6 nitrogen and oxygen atoms in total. The fourth-order valence-corrected chi connectivity index (χ4v) is 3.84. The minimum Gasteiger partial charge on any atom is -0.481 e. The molecule has 1 aromatic heterocycles. The van der Waals surface area contributed by atoms with Gasteiger partial charge in [-0.3, -0.25) is 9.59 Å². The molecule has 1 N–H and O–H groups in total. The number of nitrogens with zero attached hydrogens (tertiary/aromatic N) is 2. The summed E-state index contributed by atoms with van der Waals surface area (Å²) in [6.07, 6.45) is 1.08. The molecule has 0 saturated carbocycles. The second kappa shape index (κ2) is 8.42. The normalized spacial score (nSPS) is 17.3. The van der Waals surface area contributed by atoms with Crippen molar-refractivity contribution in [3.63, 3.8) is 0 Å². The lowest BCUT2D eigenvalue weighted by atomic mass is 10.1. The maximum atomic E-state index is 12.6. The molecule has 1 fully saturated rings. The van der Waals surface area contributed by atoms with Crippen molar-refractivity contribution < 1.29 is 19.4 Å². The maximum absolute atomic E-state index is 12.6. The molecule has 2 heterocycles. The molecule has 1 aromatic carbocycles. The van der Waals surface area contributed by atoms with Crippen LogP contribution in [0.5, 0.6) is 0 Å². The second-order valence-corrected chi connectivity index (χ2v) is 7.14. The molecule has 1 unspecified atom stereocenters. The van der Waals surface area contributed by atoms with Gasteiger partial charge in [0.1, 0.15) is 5.01 Å². The number of morpholine rings is 1. The third-order valence-electron chi connectivity index (χ3n) is 4.45. The number of hydrogen-bond donors (Lipinski definition) is 1. The van der Waals surface area contributed by atoms with E-state index in [0.29, 0.717) is 13.2 Å². The Morgan fingerprint density at radius 1 is 1.35 bits per heavy atom. The van der Waals surface area contributed by atoms with Gasteiger partial charge in [0.2, 0.25) is 5.91 Å². The van der Waals surface area contributed by atoms with Gasteiger partial charge >= 0.3 is 5.97 Å². The summed E-state index contributed by atoms with van der Waals surface area (Å²) in [5, 5.41) is 11.8. The predicted octanol–water partition coefficient (Wildman–Crippen LogP) is 2.62. The van der Waals surface area contributed by atoms with Crippen molar-refractivity contribution in [1.82, 2.24) is 9.88 Å². The van der Waals surface area contributed by atoms with Gasteiger partial charge in [0.15, 0.2) is 0 Å². The first-order valence-electron chi connectivity index (χ1n) is 8.69. The molecular formula is C19H22N2O4S. The number of aromatic nitrogens is 1. The Kier molecular flexibility index (Phi) is 6.00. The van der Waals surface area contributed by atoms with E-state index in [2.05, 4.69) is 24.0 Å². The van der Waals surface area contributed by atoms with Crippen LogP contribution >= 0.6 is 11.3 Å². The van der Waals surface area contributed by atoms with Gasteiger partial charge in [-0.15, -0.1) is 11.3 Å². The van der Waals surface area contributed by atoms with E-state index >= 15 is 0 Å². The van der Waals surface area contributed by atoms with E-state index in [9.17, 15) is 9.59 Å². The van der Waals surface area contributed by atoms with Gasteiger partial charge in [-0.1, -0.05) is 31.2 Å². The first kappa shape index (κ1) is 18.5. The summed E-state index contributed by atoms with van der Waals surface area (Å²) in [4.78, 5) is 29.8. The summed E-state index contributed by atoms with van der Waals surface area (Å²) in [6, 6.07) is 7.87. The SMILES string of the molecule is CCc1ccc(-c2nc(CC(=O)N3CCOCC3CC(=O)O)cs2)cc1. The standard InChI is InChI=1S/C19H22N2O4S/c1-2-13-3-5-14(6-4-13)19-20-15(12-26-19)9-17(22)21-7-8-25-11-16(21)10-18(23)24/h3-6,12,16H,2,7-11H2,1H3,(H,23,24). The topological polar surface area (TPSA) is 79.7 Å². The molecule has 0 bridgehead atoms. The van der Waals surface area contributed by atoms with Crippen molar-refractivity contribution in [3.05, 3.63) is 40.9 Å². The molecule has 2 aromatic rings. The van der Waals surface area contributed by atoms with Gasteiger partial charge in [0.25, 0.3) is 0 Å². The Morgan fingerprint density at radius 3 is 2.81 bits per heavy atom. The summed E-state index contributed by atoms with van der Waals surface area (Å²) < 4.78 is 5.32. The molecule has 0 radical (unpaired) electrons. The largest absolute Gasteiger partial charge is 0.481 e. The number of ether oxygens (including phenoxy) is 1. The van der Waals surface area contributed by atoms with Crippen molar-refractivity contribution in [3.8, 4) is 10.6 Å². The predicted molar refractivity (Wildman–Crippen MR) is 99.2 cm³/mol. The van der Waals surface area contributed by atoms with Gasteiger partial charge in [-0.2, -0.15) is 0 Å². The monoisotopic (exact) mass is 374 g/mol. The molecule has 26 heavy (non-hydrogen) atoms. The van der Waals surface area contributed by atoms with Crippen LogP contribution in [0, 0.1) is 0 Å². The number of carbonyl (C=O) groups excluding carboxylic acids is 1. The van der Waals surface area contributed by atoms with Crippen LogP contribution in [0.3, 0.4) is 0 Å². The second-order valence-electron chi connectivity index (χ2n) is 6.28. The van der Waals surface area contributed by atoms with Crippen LogP contribution in [-0.2, 0) is 27.2 Å². The minimum atomic E-state index is -0.926. The minimum absolute atomic E-state index is 0.0993. The highest BCUT2D eigenvalue weighted by Crippen LogP contribution is 2.25. The highest BCUT2D eigenvalue weighted by molar-refractivity contribution is 7.13. The molecule has 0 spiro atoms. The first-order chi connectivity index (χ1) is 12.6. The number of thiazole rings is 1. The third-order valence-corrected chi connectivity index (χ3v) is 5.39. The number of aryl methyl sites for hydroxylation is 1. The van der Waals surface area contributed by atoms with Crippen LogP contribution in [0.4, 0.5) is 0 Å². The van der Waals surface area contributed by atoms with E-state index in [4.69, 9.17) is 9.84 Å². The van der Waals surface area contributed by atoms with Crippen LogP contribution in [0.2, 0.25) is 0 Å². The molecule has 3 rings (SSSR count). The molecular weight excluding hydrogens is 352 g/mol. The number of carboxylic acid groups (broad SMARTS) is 1. The van der Waals surface area contributed by atoms with Gasteiger partial charge < -0.3 is 14.7 Å². The molecule has 1 aliphatic rings. The Morgan fingerprint density at radius 2 is 2.12 bits per heavy atom. The zero-order chi connectivity index (χ0) is 18.5. The first-order valence-corrected chi connectivity index (χ1v) is 9.57. The van der Waals surface area contributed by atoms with Gasteiger partial charge in [-0.05, 0) is 12.0 Å². The summed E-state index contributed by atoms with van der Waals surface area (Å²) in [5.41, 5.74) is 3.04. The van der Waals surface area contributed by atoms with Crippen molar-refractivity contribution in [2.45, 2.75) is 32.2 Å². The fraction of sp³-hybridized carbons (Fsp3) is 0.421. The molecule has 0 aliphatic carbocycles. The Balaban J connectivity index is 1.67. The maximum Gasteiger partial charge on any atom is 0.305 e. The Labute approximate surface area is 156 Å². The van der Waals surface area contributed by atoms with Crippen molar-refractivity contribution in [2.24, 2.45) is 0 Å². The van der Waals surface area contributed by atoms with E-state index in [0.717, 1.165) is 22.7 Å². The van der Waals surface area contributed by atoms with Gasteiger partial charge in [-0.25, -0.2) is 4.98 Å². The van der Waals surface area contributed by atoms with Crippen LogP contribution in [-0.4, -0.2) is 52.7 Å². The van der Waals surface area contributed by atoms with E-state index in [-0.39, 0.29) is 25.4 Å². The summed E-state index contributed by atoms with van der Waals surface area (Å²) in [7, 11) is 0. The molecule has 1 saturated heterocycles. The zero-order valence-electron chi connectivity index (χ0n) is 14.7. The van der Waals surface area contributed by atoms with Crippen LogP contribution < -0.4 is 0 Å². The number of benzene rings is 1. The number of hydrogen-bond acceptors (Lipinski definition) is 5. The lowest BCUT2D eigenvalue weighted by molar-refractivity contribution is -0.145. The molecule has 138 valence electrons. The molecule has 1 aliphatic heterocycles. The number of carbonyl (C=O) groups is 2. The van der Waals surface area contributed by atoms with Crippen LogP contribution in [0.15, 0.2) is 29.6 Å². The van der Waals surface area contributed by atoms with Crippen LogP contribution in [0.25, 0.3) is 10.6 Å². The third kappa shape index (κ3) is 4.47. The summed E-state index contributed by atoms with van der Waals surface area (Å²) in [5.74, 6) is -1.03. The van der Waals surface area contributed by atoms with E-state index in [1.807, 2.05) is 17.5 Å². The molecule has 1 atom stereocenters. The lowest BCUT2D eigenvalue weighted by Crippen LogP contribution is -2.50. The summed E-state index contributed by atoms with van der Waals surface area (Å²) >= 11 is 1.52. The average molecular weight is 374 g/mol. The number of carboxylic acids is 1. The van der Waals surface area contributed by atoms with Gasteiger partial charge in [0, 0.05) is 17.5 Å². The Bertz CT molecular complexity index is 772. The highest BCUT2D eigenvalue weighted by atomic mass is 32.1. The number of amides is 1. The molecule has 1 amide bonds. The zero-order valence-corrected chi connectivity index (χ0v) is 15.5. The van der Waals surface area contributed by atoms with Gasteiger partial charge in [0.05, 0.1) is 37.8 Å². The molecule has 7 heteroatoms. The van der Waals surface area contributed by atoms with E-state index in [1.54, 1.807) is 4.90 Å². The summed E-state index contributed by atoms with van der Waals surface area (Å²) in [6.45, 7) is 3.25.